The van der Waals surface area contributed by atoms with E-state index < -0.39 is 5.82 Å². The molecule has 3 N–H and O–H groups in total. The van der Waals surface area contributed by atoms with Crippen LogP contribution in [0, 0.1) is 5.82 Å². The standard InChI is InChI=1S/C14H12FN3O2/c1-19-12-5-3-9(7-10(12)15)17-14-18-11-4-2-8(16)6-13(11)20-14/h2-7H,16H2,1H3,(H,17,18). The third kappa shape index (κ3) is 2.23. The number of rotatable bonds is 3. The molecule has 0 amide bonds. The molecule has 3 aromatic rings. The smallest absolute Gasteiger partial charge is 0.300 e. The molecule has 0 aliphatic carbocycles. The second-order valence-electron chi connectivity index (χ2n) is 4.22. The molecule has 1 heterocycles. The van der Waals surface area contributed by atoms with E-state index in [1.807, 2.05) is 0 Å². The van der Waals surface area contributed by atoms with Crippen LogP contribution in [0.5, 0.6) is 5.75 Å². The number of anilines is 3. The van der Waals surface area contributed by atoms with Crippen LogP contribution in [-0.4, -0.2) is 12.1 Å². The van der Waals surface area contributed by atoms with Gasteiger partial charge in [-0.15, -0.1) is 0 Å². The summed E-state index contributed by atoms with van der Waals surface area (Å²) in [6.07, 6.45) is 0. The van der Waals surface area contributed by atoms with Crippen molar-refractivity contribution in [2.45, 2.75) is 0 Å². The highest BCUT2D eigenvalue weighted by molar-refractivity contribution is 5.78. The van der Waals surface area contributed by atoms with Crippen LogP contribution >= 0.6 is 0 Å². The molecule has 6 heteroatoms. The Morgan fingerprint density at radius 2 is 2.10 bits per heavy atom. The zero-order valence-corrected chi connectivity index (χ0v) is 10.7. The summed E-state index contributed by atoms with van der Waals surface area (Å²) in [6.45, 7) is 0. The van der Waals surface area contributed by atoms with Gasteiger partial charge in [-0.3, -0.25) is 0 Å². The first-order chi connectivity index (χ1) is 9.65. The van der Waals surface area contributed by atoms with Crippen molar-refractivity contribution in [3.8, 4) is 5.75 Å². The summed E-state index contributed by atoms with van der Waals surface area (Å²) in [7, 11) is 1.41. The van der Waals surface area contributed by atoms with Crippen molar-refractivity contribution in [3.63, 3.8) is 0 Å². The lowest BCUT2D eigenvalue weighted by Gasteiger charge is -2.04. The van der Waals surface area contributed by atoms with Gasteiger partial charge in [-0.05, 0) is 24.3 Å². The van der Waals surface area contributed by atoms with Crippen LogP contribution in [0.1, 0.15) is 0 Å². The number of halogens is 1. The normalized spacial score (nSPS) is 10.7. The van der Waals surface area contributed by atoms with Crippen LogP contribution in [0.4, 0.5) is 21.8 Å². The third-order valence-corrected chi connectivity index (χ3v) is 2.82. The maximum Gasteiger partial charge on any atom is 0.300 e. The highest BCUT2D eigenvalue weighted by atomic mass is 19.1. The zero-order chi connectivity index (χ0) is 14.1. The van der Waals surface area contributed by atoms with Gasteiger partial charge in [-0.1, -0.05) is 0 Å². The molecular formula is C14H12FN3O2. The van der Waals surface area contributed by atoms with Crippen LogP contribution in [0.25, 0.3) is 11.1 Å². The molecule has 20 heavy (non-hydrogen) atoms. The molecule has 0 aliphatic heterocycles. The lowest BCUT2D eigenvalue weighted by atomic mass is 10.3. The first kappa shape index (κ1) is 12.3. The predicted molar refractivity (Wildman–Crippen MR) is 74.7 cm³/mol. The average molecular weight is 273 g/mol. The molecule has 0 bridgehead atoms. The van der Waals surface area contributed by atoms with E-state index in [2.05, 4.69) is 10.3 Å². The van der Waals surface area contributed by atoms with Gasteiger partial charge in [0.05, 0.1) is 7.11 Å². The molecule has 0 saturated heterocycles. The maximum absolute atomic E-state index is 13.6. The Morgan fingerprint density at radius 1 is 1.25 bits per heavy atom. The molecule has 5 nitrogen and oxygen atoms in total. The van der Waals surface area contributed by atoms with Gasteiger partial charge in [-0.2, -0.15) is 4.98 Å². The van der Waals surface area contributed by atoms with E-state index in [0.29, 0.717) is 22.5 Å². The molecule has 0 unspecified atom stereocenters. The number of hydrogen-bond acceptors (Lipinski definition) is 5. The third-order valence-electron chi connectivity index (χ3n) is 2.82. The minimum absolute atomic E-state index is 0.181. The van der Waals surface area contributed by atoms with Crippen LogP contribution < -0.4 is 15.8 Å². The molecular weight excluding hydrogens is 261 g/mol. The van der Waals surface area contributed by atoms with E-state index >= 15 is 0 Å². The first-order valence-electron chi connectivity index (χ1n) is 5.92. The molecule has 102 valence electrons. The molecule has 0 radical (unpaired) electrons. The van der Waals surface area contributed by atoms with Gasteiger partial charge in [0.25, 0.3) is 6.01 Å². The molecule has 2 aromatic carbocycles. The van der Waals surface area contributed by atoms with E-state index in [9.17, 15) is 4.39 Å². The van der Waals surface area contributed by atoms with Crippen LogP contribution in [-0.2, 0) is 0 Å². The molecule has 0 fully saturated rings. The fourth-order valence-electron chi connectivity index (χ4n) is 1.86. The second kappa shape index (κ2) is 4.73. The monoisotopic (exact) mass is 273 g/mol. The summed E-state index contributed by atoms with van der Waals surface area (Å²) in [4.78, 5) is 4.23. The lowest BCUT2D eigenvalue weighted by molar-refractivity contribution is 0.386. The largest absolute Gasteiger partial charge is 0.494 e. The van der Waals surface area contributed by atoms with Crippen molar-refractivity contribution in [3.05, 3.63) is 42.2 Å². The molecule has 0 atom stereocenters. The fraction of sp³-hybridized carbons (Fsp3) is 0.0714. The summed E-state index contributed by atoms with van der Waals surface area (Å²) in [5.74, 6) is -0.279. The van der Waals surface area contributed by atoms with Crippen molar-refractivity contribution >= 4 is 28.5 Å². The van der Waals surface area contributed by atoms with Crippen LogP contribution in [0.2, 0.25) is 0 Å². The first-order valence-corrected chi connectivity index (χ1v) is 5.92. The van der Waals surface area contributed by atoms with Crippen LogP contribution in [0.3, 0.4) is 0 Å². The summed E-state index contributed by atoms with van der Waals surface area (Å²) >= 11 is 0. The van der Waals surface area contributed by atoms with E-state index in [-0.39, 0.29) is 11.8 Å². The van der Waals surface area contributed by atoms with Crippen molar-refractivity contribution < 1.29 is 13.5 Å². The number of fused-ring (bicyclic) bond motifs is 1. The number of methoxy groups -OCH3 is 1. The summed E-state index contributed by atoms with van der Waals surface area (Å²) in [5.41, 5.74) is 8.02. The van der Waals surface area contributed by atoms with Gasteiger partial charge in [0.15, 0.2) is 17.1 Å². The number of nitrogens with zero attached hydrogens (tertiary/aromatic N) is 1. The molecule has 0 aliphatic rings. The summed E-state index contributed by atoms with van der Waals surface area (Å²) < 4.78 is 23.9. The quantitative estimate of drug-likeness (QED) is 0.716. The molecule has 1 aromatic heterocycles. The van der Waals surface area contributed by atoms with Crippen molar-refractivity contribution in [1.82, 2.24) is 4.98 Å². The highest BCUT2D eigenvalue weighted by Crippen LogP contribution is 2.26. The second-order valence-corrected chi connectivity index (χ2v) is 4.22. The maximum atomic E-state index is 13.6. The van der Waals surface area contributed by atoms with Gasteiger partial charge < -0.3 is 20.2 Å². The van der Waals surface area contributed by atoms with Crippen molar-refractivity contribution in [2.24, 2.45) is 0 Å². The molecule has 0 saturated carbocycles. The lowest BCUT2D eigenvalue weighted by Crippen LogP contribution is -1.93. The fourth-order valence-corrected chi connectivity index (χ4v) is 1.86. The van der Waals surface area contributed by atoms with E-state index in [4.69, 9.17) is 14.9 Å². The zero-order valence-electron chi connectivity index (χ0n) is 10.7. The van der Waals surface area contributed by atoms with Gasteiger partial charge >= 0.3 is 0 Å². The minimum Gasteiger partial charge on any atom is -0.494 e. The number of aromatic nitrogens is 1. The summed E-state index contributed by atoms with van der Waals surface area (Å²) in [6, 6.07) is 9.96. The number of hydrogen-bond donors (Lipinski definition) is 2. The Balaban J connectivity index is 1.90. The number of oxazole rings is 1. The highest BCUT2D eigenvalue weighted by Gasteiger charge is 2.08. The van der Waals surface area contributed by atoms with Gasteiger partial charge in [0.2, 0.25) is 0 Å². The average Bonchev–Trinajstić information content (AvgIpc) is 2.80. The number of nitrogens with one attached hydrogen (secondary N) is 1. The number of nitrogen functional groups attached to an aromatic ring is 1. The Morgan fingerprint density at radius 3 is 2.85 bits per heavy atom. The Labute approximate surface area is 114 Å². The van der Waals surface area contributed by atoms with Crippen LogP contribution in [0.15, 0.2) is 40.8 Å². The number of nitrogens with two attached hydrogens (primary N) is 1. The van der Waals surface area contributed by atoms with Crippen molar-refractivity contribution in [1.29, 1.82) is 0 Å². The Bertz CT molecular complexity index is 770. The minimum atomic E-state index is -0.460. The predicted octanol–water partition coefficient (Wildman–Crippen LogP) is 3.30. The molecule has 0 spiro atoms. The van der Waals surface area contributed by atoms with Gasteiger partial charge in [0, 0.05) is 23.5 Å². The van der Waals surface area contributed by atoms with E-state index in [1.54, 1.807) is 24.3 Å². The summed E-state index contributed by atoms with van der Waals surface area (Å²) in [5, 5.41) is 2.89. The SMILES string of the molecule is COc1ccc(Nc2nc3ccc(N)cc3o2)cc1F. The Kier molecular flexibility index (Phi) is 2.90. The molecule has 3 rings (SSSR count). The van der Waals surface area contributed by atoms with E-state index in [1.165, 1.54) is 19.2 Å². The van der Waals surface area contributed by atoms with Crippen molar-refractivity contribution in [2.75, 3.05) is 18.2 Å². The van der Waals surface area contributed by atoms with Gasteiger partial charge in [0.1, 0.15) is 5.52 Å². The number of benzene rings is 2. The number of ether oxygens (including phenoxy) is 1. The van der Waals surface area contributed by atoms with Gasteiger partial charge in [-0.25, -0.2) is 4.39 Å². The van der Waals surface area contributed by atoms with E-state index in [0.717, 1.165) is 0 Å². The topological polar surface area (TPSA) is 73.3 Å². The Hall–Kier alpha value is -2.76.